The number of nitrogens with one attached hydrogen (secondary N) is 1. The van der Waals surface area contributed by atoms with Gasteiger partial charge in [0.1, 0.15) is 23.3 Å². The van der Waals surface area contributed by atoms with E-state index in [9.17, 15) is 13.6 Å². The van der Waals surface area contributed by atoms with Crippen molar-refractivity contribution in [2.24, 2.45) is 22.2 Å². The summed E-state index contributed by atoms with van der Waals surface area (Å²) in [5.74, 6) is -1.74. The van der Waals surface area contributed by atoms with E-state index in [1.54, 1.807) is 24.3 Å². The Labute approximate surface area is 196 Å². The number of aliphatic imine (C=N–C) groups is 1. The summed E-state index contributed by atoms with van der Waals surface area (Å²) in [6.07, 6.45) is 0.505. The van der Waals surface area contributed by atoms with E-state index in [0.29, 0.717) is 54.6 Å². The fourth-order valence-corrected chi connectivity index (χ4v) is 3.82. The number of nitriles is 1. The summed E-state index contributed by atoms with van der Waals surface area (Å²) < 4.78 is 27.0. The highest BCUT2D eigenvalue weighted by Crippen LogP contribution is 2.26. The number of nitrogens with two attached hydrogens (primary N) is 3. The van der Waals surface area contributed by atoms with E-state index in [-0.39, 0.29) is 17.9 Å². The molecule has 1 unspecified atom stereocenters. The van der Waals surface area contributed by atoms with Crippen LogP contribution in [0.5, 0.6) is 0 Å². The van der Waals surface area contributed by atoms with E-state index in [1.807, 2.05) is 11.8 Å². The number of rotatable bonds is 7. The molecule has 0 spiro atoms. The second-order valence-corrected chi connectivity index (χ2v) is 8.15. The minimum atomic E-state index is -0.943. The molecule has 1 aliphatic rings. The van der Waals surface area contributed by atoms with Crippen LogP contribution in [0.25, 0.3) is 5.57 Å². The predicted molar refractivity (Wildman–Crippen MR) is 126 cm³/mol. The highest BCUT2D eigenvalue weighted by Gasteiger charge is 2.36. The molecule has 0 saturated carbocycles. The van der Waals surface area contributed by atoms with Crippen LogP contribution in [0.3, 0.4) is 0 Å². The van der Waals surface area contributed by atoms with Crippen LogP contribution in [0.1, 0.15) is 34.8 Å². The molecule has 0 bridgehead atoms. The molecule has 178 valence electrons. The number of hydrogen-bond donors (Lipinski definition) is 4. The van der Waals surface area contributed by atoms with Crippen LogP contribution in [0.2, 0.25) is 0 Å². The molecule has 2 aromatic rings. The van der Waals surface area contributed by atoms with Crippen molar-refractivity contribution >= 4 is 17.3 Å². The number of likely N-dealkylation sites (tertiary alicyclic amines) is 1. The molecule has 0 aromatic heterocycles. The van der Waals surface area contributed by atoms with Crippen LogP contribution < -0.4 is 22.5 Å². The first-order valence-corrected chi connectivity index (χ1v) is 10.7. The van der Waals surface area contributed by atoms with Crippen LogP contribution in [0.4, 0.5) is 8.78 Å². The largest absolute Gasteiger partial charge is 0.385 e. The summed E-state index contributed by atoms with van der Waals surface area (Å²) in [6.45, 7) is 3.20. The van der Waals surface area contributed by atoms with E-state index in [2.05, 4.69) is 16.4 Å². The van der Waals surface area contributed by atoms with Crippen LogP contribution in [0, 0.1) is 23.0 Å². The minimum absolute atomic E-state index is 0.0666. The zero-order valence-electron chi connectivity index (χ0n) is 18.8. The quantitative estimate of drug-likeness (QED) is 0.360. The molecule has 1 amide bonds. The Bertz CT molecular complexity index is 1170. The lowest BCUT2D eigenvalue weighted by Crippen LogP contribution is -2.52. The summed E-state index contributed by atoms with van der Waals surface area (Å²) in [4.78, 5) is 18.5. The zero-order chi connectivity index (χ0) is 24.9. The molecule has 8 nitrogen and oxygen atoms in total. The van der Waals surface area contributed by atoms with Crippen molar-refractivity contribution in [1.82, 2.24) is 10.2 Å². The van der Waals surface area contributed by atoms with Crippen molar-refractivity contribution in [3.05, 3.63) is 76.6 Å². The van der Waals surface area contributed by atoms with Gasteiger partial charge >= 0.3 is 0 Å². The molecule has 34 heavy (non-hydrogen) atoms. The monoisotopic (exact) mass is 467 g/mol. The van der Waals surface area contributed by atoms with Crippen LogP contribution >= 0.6 is 0 Å². The third kappa shape index (κ3) is 5.50. The van der Waals surface area contributed by atoms with Crippen molar-refractivity contribution in [2.75, 3.05) is 26.2 Å². The number of benzene rings is 2. The van der Waals surface area contributed by atoms with Gasteiger partial charge in [0, 0.05) is 32.2 Å². The van der Waals surface area contributed by atoms with Crippen molar-refractivity contribution in [2.45, 2.75) is 18.9 Å². The lowest BCUT2D eigenvalue weighted by molar-refractivity contribution is 0.0940. The van der Waals surface area contributed by atoms with Gasteiger partial charge in [-0.05, 0) is 43.2 Å². The summed E-state index contributed by atoms with van der Waals surface area (Å²) in [7, 11) is 0. The molecule has 0 radical (unpaired) electrons. The predicted octanol–water partition coefficient (Wildman–Crippen LogP) is 1.67. The Morgan fingerprint density at radius 2 is 1.94 bits per heavy atom. The van der Waals surface area contributed by atoms with E-state index in [4.69, 9.17) is 22.5 Å². The fraction of sp³-hybridized carbons (Fsp3) is 0.292. The van der Waals surface area contributed by atoms with Gasteiger partial charge in [0.15, 0.2) is 0 Å². The maximum atomic E-state index is 13.9. The molecule has 10 heteroatoms. The van der Waals surface area contributed by atoms with Crippen LogP contribution in [-0.4, -0.2) is 48.4 Å². The average molecular weight is 468 g/mol. The molecule has 1 aliphatic heterocycles. The van der Waals surface area contributed by atoms with Gasteiger partial charge in [0.25, 0.3) is 5.91 Å². The molecular formula is C24H27F2N7O. The van der Waals surface area contributed by atoms with Crippen LogP contribution in [0.15, 0.2) is 53.3 Å². The van der Waals surface area contributed by atoms with Gasteiger partial charge in [0.2, 0.25) is 0 Å². The summed E-state index contributed by atoms with van der Waals surface area (Å²) in [6, 6.07) is 11.7. The maximum absolute atomic E-state index is 13.9. The van der Waals surface area contributed by atoms with E-state index in [1.165, 1.54) is 0 Å². The second kappa shape index (κ2) is 10.3. The molecule has 1 atom stereocenters. The molecule has 3 rings (SSSR count). The number of amides is 1. The topological polar surface area (TPSA) is 147 Å². The summed E-state index contributed by atoms with van der Waals surface area (Å²) in [5, 5.41) is 11.7. The Morgan fingerprint density at radius 3 is 2.56 bits per heavy atom. The lowest BCUT2D eigenvalue weighted by Gasteiger charge is -2.27. The maximum Gasteiger partial charge on any atom is 0.254 e. The van der Waals surface area contributed by atoms with E-state index >= 15 is 0 Å². The smallest absolute Gasteiger partial charge is 0.254 e. The van der Waals surface area contributed by atoms with E-state index in [0.717, 1.165) is 12.1 Å². The highest BCUT2D eigenvalue weighted by atomic mass is 19.1. The van der Waals surface area contributed by atoms with Crippen molar-refractivity contribution < 1.29 is 13.6 Å². The first kappa shape index (κ1) is 24.7. The van der Waals surface area contributed by atoms with Gasteiger partial charge in [-0.15, -0.1) is 0 Å². The highest BCUT2D eigenvalue weighted by molar-refractivity contribution is 6.22. The molecule has 1 heterocycles. The molecule has 1 saturated heterocycles. The van der Waals surface area contributed by atoms with Crippen molar-refractivity contribution in [3.8, 4) is 6.07 Å². The number of hydrogen-bond acceptors (Lipinski definition) is 6. The SMILES string of the molecule is CCN=C(N)/C(=C(\N)N1CCC(N)(CNC(=O)c2ccc(F)cc2F)C1)c1ccc(C#N)cc1. The fourth-order valence-electron chi connectivity index (χ4n) is 3.82. The molecule has 7 N–H and O–H groups in total. The first-order chi connectivity index (χ1) is 16.2. The van der Waals surface area contributed by atoms with Crippen molar-refractivity contribution in [1.29, 1.82) is 5.26 Å². The number of nitrogens with zero attached hydrogens (tertiary/aromatic N) is 3. The average Bonchev–Trinajstić information content (AvgIpc) is 3.21. The molecule has 1 fully saturated rings. The van der Waals surface area contributed by atoms with Gasteiger partial charge in [-0.2, -0.15) is 5.26 Å². The van der Waals surface area contributed by atoms with Crippen LogP contribution in [-0.2, 0) is 0 Å². The molecule has 0 aliphatic carbocycles. The van der Waals surface area contributed by atoms with Gasteiger partial charge in [-0.3, -0.25) is 9.79 Å². The normalized spacial score (nSPS) is 18.9. The summed E-state index contributed by atoms with van der Waals surface area (Å²) >= 11 is 0. The van der Waals surface area contributed by atoms with Gasteiger partial charge < -0.3 is 27.4 Å². The third-order valence-corrected chi connectivity index (χ3v) is 5.65. The zero-order valence-corrected chi connectivity index (χ0v) is 18.8. The lowest BCUT2D eigenvalue weighted by atomic mass is 10.00. The Balaban J connectivity index is 1.79. The Hall–Kier alpha value is -3.97. The van der Waals surface area contributed by atoms with E-state index < -0.39 is 23.1 Å². The number of carbonyl (C=O) groups excluding carboxylic acids is 1. The number of carbonyl (C=O) groups is 1. The Kier molecular flexibility index (Phi) is 7.48. The molecular weight excluding hydrogens is 440 g/mol. The van der Waals surface area contributed by atoms with Gasteiger partial charge in [-0.25, -0.2) is 8.78 Å². The molecule has 2 aromatic carbocycles. The standard InChI is InChI=1S/C24H27F2N7O/c1-2-31-21(28)20(16-5-3-15(12-27)4-6-16)22(29)33-10-9-24(30,14-33)13-32-23(34)18-8-7-17(25)11-19(18)26/h3-8,11H,2,9-10,13-14,29-30H2,1H3,(H2,28,31)(H,32,34)/b22-20+. The third-order valence-electron chi connectivity index (χ3n) is 5.65. The second-order valence-electron chi connectivity index (χ2n) is 8.15. The Morgan fingerprint density at radius 1 is 1.24 bits per heavy atom. The van der Waals surface area contributed by atoms with Gasteiger partial charge in [0.05, 0.1) is 28.3 Å². The number of amidine groups is 1. The number of halogens is 2. The summed E-state index contributed by atoms with van der Waals surface area (Å²) in [5.41, 5.74) is 19.9. The van der Waals surface area contributed by atoms with Gasteiger partial charge in [-0.1, -0.05) is 12.1 Å². The first-order valence-electron chi connectivity index (χ1n) is 10.7. The minimum Gasteiger partial charge on any atom is -0.385 e. The van der Waals surface area contributed by atoms with Crippen molar-refractivity contribution in [3.63, 3.8) is 0 Å².